The Morgan fingerprint density at radius 1 is 1.16 bits per heavy atom. The third-order valence-electron chi connectivity index (χ3n) is 8.09. The number of amides is 1. The molecule has 3 atom stereocenters. The lowest BCUT2D eigenvalue weighted by atomic mass is 9.71. The van der Waals surface area contributed by atoms with Crippen LogP contribution in [0.15, 0.2) is 30.3 Å². The third kappa shape index (κ3) is 4.55. The SMILES string of the molecule is CC(C)(CO)C1Cc2cc(NC(=O)C3(c4ccc5c(c4)OC(F)(F)O5)CC3)c(F)cc2C1C[C@@H](O)CO. The number of ether oxygens (including phenoxy) is 2. The standard InChI is InChI=1S/C27H30F3NO6/c1-25(2,13-33)19-7-14-8-21(20(28)11-17(14)18(19)10-16(34)12-32)31-24(35)26(5-6-26)15-3-4-22-23(9-15)37-27(29,30)36-22/h3-4,8-9,11,16,18-19,32-34H,5-7,10,12-13H2,1-2H3,(H,31,35)/t16-,18?,19?/m1/s1. The van der Waals surface area contributed by atoms with Gasteiger partial charge in [0, 0.05) is 6.61 Å². The van der Waals surface area contributed by atoms with Crippen molar-refractivity contribution in [1.29, 1.82) is 0 Å². The second-order valence-electron chi connectivity index (χ2n) is 11.0. The number of fused-ring (bicyclic) bond motifs is 2. The van der Waals surface area contributed by atoms with Gasteiger partial charge in [0.15, 0.2) is 11.5 Å². The summed E-state index contributed by atoms with van der Waals surface area (Å²) in [5.74, 6) is -1.75. The molecule has 1 heterocycles. The van der Waals surface area contributed by atoms with Crippen molar-refractivity contribution in [2.75, 3.05) is 18.5 Å². The van der Waals surface area contributed by atoms with Crippen LogP contribution in [0.2, 0.25) is 0 Å². The number of anilines is 1. The molecule has 2 aromatic rings. The van der Waals surface area contributed by atoms with Crippen LogP contribution in [-0.2, 0) is 16.6 Å². The van der Waals surface area contributed by atoms with E-state index in [1.54, 1.807) is 6.07 Å². The highest BCUT2D eigenvalue weighted by molar-refractivity contribution is 6.01. The molecule has 0 radical (unpaired) electrons. The lowest BCUT2D eigenvalue weighted by Crippen LogP contribution is -2.33. The number of alkyl halides is 2. The van der Waals surface area contributed by atoms with E-state index in [2.05, 4.69) is 14.8 Å². The zero-order valence-corrected chi connectivity index (χ0v) is 20.6. The zero-order valence-electron chi connectivity index (χ0n) is 20.6. The first-order chi connectivity index (χ1) is 17.4. The maximum absolute atomic E-state index is 15.3. The number of carbonyl (C=O) groups excluding carboxylic acids is 1. The second kappa shape index (κ2) is 8.89. The number of carbonyl (C=O) groups is 1. The van der Waals surface area contributed by atoms with E-state index in [9.17, 15) is 28.9 Å². The Kier molecular flexibility index (Phi) is 6.20. The van der Waals surface area contributed by atoms with E-state index in [4.69, 9.17) is 0 Å². The van der Waals surface area contributed by atoms with Crippen LogP contribution in [0.25, 0.3) is 0 Å². The summed E-state index contributed by atoms with van der Waals surface area (Å²) in [5, 5.41) is 32.1. The topological polar surface area (TPSA) is 108 Å². The molecule has 10 heteroatoms. The van der Waals surface area contributed by atoms with E-state index in [-0.39, 0.29) is 42.0 Å². The Balaban J connectivity index is 1.40. The molecule has 1 aliphatic heterocycles. The van der Waals surface area contributed by atoms with Crippen LogP contribution in [-0.4, -0.2) is 46.8 Å². The van der Waals surface area contributed by atoms with E-state index in [1.807, 2.05) is 13.8 Å². The van der Waals surface area contributed by atoms with Gasteiger partial charge in [0.2, 0.25) is 5.91 Å². The molecule has 200 valence electrons. The predicted molar refractivity (Wildman–Crippen MR) is 127 cm³/mol. The maximum Gasteiger partial charge on any atom is 0.586 e. The molecule has 2 unspecified atom stereocenters. The quantitative estimate of drug-likeness (QED) is 0.421. The summed E-state index contributed by atoms with van der Waals surface area (Å²) >= 11 is 0. The molecule has 2 aromatic carbocycles. The Bertz CT molecular complexity index is 1230. The number of aliphatic hydroxyl groups is 3. The zero-order chi connectivity index (χ0) is 26.8. The summed E-state index contributed by atoms with van der Waals surface area (Å²) < 4.78 is 51.1. The van der Waals surface area contributed by atoms with Crippen molar-refractivity contribution < 1.29 is 42.8 Å². The average Bonchev–Trinajstić information content (AvgIpc) is 3.50. The highest BCUT2D eigenvalue weighted by Crippen LogP contribution is 2.53. The highest BCUT2D eigenvalue weighted by atomic mass is 19.3. The van der Waals surface area contributed by atoms with Crippen LogP contribution in [0.5, 0.6) is 11.5 Å². The van der Waals surface area contributed by atoms with E-state index in [0.717, 1.165) is 5.56 Å². The van der Waals surface area contributed by atoms with Gasteiger partial charge in [-0.2, -0.15) is 0 Å². The highest BCUT2D eigenvalue weighted by Gasteiger charge is 2.53. The molecule has 4 N–H and O–H groups in total. The molecule has 0 aromatic heterocycles. The van der Waals surface area contributed by atoms with Crippen LogP contribution >= 0.6 is 0 Å². The minimum atomic E-state index is -3.76. The van der Waals surface area contributed by atoms with E-state index < -0.39 is 41.6 Å². The number of benzene rings is 2. The van der Waals surface area contributed by atoms with Crippen LogP contribution in [0.3, 0.4) is 0 Å². The fraction of sp³-hybridized carbons (Fsp3) is 0.519. The molecule has 1 fully saturated rings. The van der Waals surface area contributed by atoms with Gasteiger partial charge in [0.25, 0.3) is 0 Å². The molecule has 0 spiro atoms. The van der Waals surface area contributed by atoms with Crippen molar-refractivity contribution in [3.8, 4) is 11.5 Å². The van der Waals surface area contributed by atoms with Gasteiger partial charge in [-0.1, -0.05) is 19.9 Å². The van der Waals surface area contributed by atoms with E-state index >= 15 is 4.39 Å². The number of hydrogen-bond donors (Lipinski definition) is 4. The molecule has 0 saturated heterocycles. The van der Waals surface area contributed by atoms with Gasteiger partial charge in [-0.05, 0) is 83.9 Å². The normalized spacial score (nSPS) is 23.5. The molecular formula is C27H30F3NO6. The fourth-order valence-corrected chi connectivity index (χ4v) is 5.70. The number of rotatable bonds is 8. The van der Waals surface area contributed by atoms with Crippen LogP contribution < -0.4 is 14.8 Å². The summed E-state index contributed by atoms with van der Waals surface area (Å²) in [4.78, 5) is 13.3. The summed E-state index contributed by atoms with van der Waals surface area (Å²) in [5.41, 5.74) is 0.464. The van der Waals surface area contributed by atoms with Crippen molar-refractivity contribution in [1.82, 2.24) is 0 Å². The Morgan fingerprint density at radius 2 is 1.86 bits per heavy atom. The largest absolute Gasteiger partial charge is 0.586 e. The first-order valence-electron chi connectivity index (χ1n) is 12.3. The Labute approximate surface area is 212 Å². The summed E-state index contributed by atoms with van der Waals surface area (Å²) in [6, 6.07) is 7.17. The molecule has 3 aliphatic rings. The van der Waals surface area contributed by atoms with Gasteiger partial charge in [-0.3, -0.25) is 4.79 Å². The average molecular weight is 522 g/mol. The summed E-state index contributed by atoms with van der Waals surface area (Å²) in [6.45, 7) is 3.28. The molecule has 37 heavy (non-hydrogen) atoms. The number of nitrogens with one attached hydrogen (secondary N) is 1. The maximum atomic E-state index is 15.3. The van der Waals surface area contributed by atoms with E-state index in [1.165, 1.54) is 24.3 Å². The third-order valence-corrected chi connectivity index (χ3v) is 8.09. The van der Waals surface area contributed by atoms with E-state index in [0.29, 0.717) is 30.4 Å². The van der Waals surface area contributed by atoms with Crippen molar-refractivity contribution in [2.45, 2.75) is 63.3 Å². The van der Waals surface area contributed by atoms with Crippen LogP contribution in [0.1, 0.15) is 55.7 Å². The first-order valence-corrected chi connectivity index (χ1v) is 12.3. The molecular weight excluding hydrogens is 491 g/mol. The van der Waals surface area contributed by atoms with Crippen molar-refractivity contribution in [2.24, 2.45) is 11.3 Å². The molecule has 2 aliphatic carbocycles. The van der Waals surface area contributed by atoms with Gasteiger partial charge in [-0.25, -0.2) is 4.39 Å². The van der Waals surface area contributed by atoms with Gasteiger partial charge in [0.05, 0.1) is 23.8 Å². The molecule has 0 bridgehead atoms. The molecule has 5 rings (SSSR count). The van der Waals surface area contributed by atoms with Crippen molar-refractivity contribution >= 4 is 11.6 Å². The first kappa shape index (κ1) is 25.8. The molecule has 1 saturated carbocycles. The van der Waals surface area contributed by atoms with Crippen molar-refractivity contribution in [3.63, 3.8) is 0 Å². The second-order valence-corrected chi connectivity index (χ2v) is 11.0. The predicted octanol–water partition coefficient (Wildman–Crippen LogP) is 3.84. The lowest BCUT2D eigenvalue weighted by Gasteiger charge is -2.35. The van der Waals surface area contributed by atoms with Crippen molar-refractivity contribution in [3.05, 3.63) is 52.8 Å². The van der Waals surface area contributed by atoms with Gasteiger partial charge >= 0.3 is 6.29 Å². The number of halogens is 3. The van der Waals surface area contributed by atoms with Gasteiger partial charge in [-0.15, -0.1) is 8.78 Å². The molecule has 1 amide bonds. The smallest absolute Gasteiger partial charge is 0.396 e. The van der Waals surface area contributed by atoms with Gasteiger partial charge in [0.1, 0.15) is 5.82 Å². The Hall–Kier alpha value is -2.82. The fourth-order valence-electron chi connectivity index (χ4n) is 5.70. The van der Waals surface area contributed by atoms with Gasteiger partial charge < -0.3 is 30.1 Å². The minimum Gasteiger partial charge on any atom is -0.396 e. The van der Waals surface area contributed by atoms with Crippen LogP contribution in [0.4, 0.5) is 18.9 Å². The summed E-state index contributed by atoms with van der Waals surface area (Å²) in [7, 11) is 0. The Morgan fingerprint density at radius 3 is 2.51 bits per heavy atom. The number of aliphatic hydroxyl groups excluding tert-OH is 3. The van der Waals surface area contributed by atoms with Crippen LogP contribution in [0, 0.1) is 17.2 Å². The number of hydrogen-bond acceptors (Lipinski definition) is 6. The summed E-state index contributed by atoms with van der Waals surface area (Å²) in [6.07, 6.45) is -3.08. The monoisotopic (exact) mass is 521 g/mol. The molecule has 7 nitrogen and oxygen atoms in total. The minimum absolute atomic E-state index is 0.00575. The lowest BCUT2D eigenvalue weighted by molar-refractivity contribution is -0.286.